The first-order chi connectivity index (χ1) is 8.50. The first-order valence-electron chi connectivity index (χ1n) is 6.27. The normalized spacial score (nSPS) is 23.2. The van der Waals surface area contributed by atoms with Gasteiger partial charge in [-0.25, -0.2) is 0 Å². The second-order valence-corrected chi connectivity index (χ2v) is 4.64. The van der Waals surface area contributed by atoms with Crippen LogP contribution >= 0.6 is 0 Å². The minimum atomic E-state index is -0.845. The van der Waals surface area contributed by atoms with Crippen molar-refractivity contribution in [3.63, 3.8) is 0 Å². The van der Waals surface area contributed by atoms with Crippen LogP contribution in [0, 0.1) is 5.92 Å². The van der Waals surface area contributed by atoms with Gasteiger partial charge >= 0.3 is 5.97 Å². The minimum Gasteiger partial charge on any atom is -0.481 e. The molecule has 6 heteroatoms. The predicted molar refractivity (Wildman–Crippen MR) is 64.8 cm³/mol. The van der Waals surface area contributed by atoms with Crippen molar-refractivity contribution in [3.05, 3.63) is 0 Å². The molecule has 2 amide bonds. The number of carbonyl (C=O) groups excluding carboxylic acids is 2. The first-order valence-corrected chi connectivity index (χ1v) is 6.27. The topological polar surface area (TPSA) is 95.5 Å². The molecule has 1 fully saturated rings. The summed E-state index contributed by atoms with van der Waals surface area (Å²) in [6, 6.07) is -0.277. The van der Waals surface area contributed by atoms with Crippen LogP contribution in [0.2, 0.25) is 0 Å². The molecule has 1 aliphatic rings. The highest BCUT2D eigenvalue weighted by Gasteiger charge is 2.31. The monoisotopic (exact) mass is 256 g/mol. The highest BCUT2D eigenvalue weighted by Crippen LogP contribution is 2.24. The maximum Gasteiger partial charge on any atom is 0.308 e. The fraction of sp³-hybridized carbons (Fsp3) is 0.750. The smallest absolute Gasteiger partial charge is 0.308 e. The van der Waals surface area contributed by atoms with Crippen LogP contribution in [0.4, 0.5) is 0 Å². The number of hydrogen-bond donors (Lipinski definition) is 3. The maximum absolute atomic E-state index is 11.6. The molecule has 0 saturated heterocycles. The largest absolute Gasteiger partial charge is 0.481 e. The van der Waals surface area contributed by atoms with Gasteiger partial charge in [-0.1, -0.05) is 12.8 Å². The molecule has 3 N–H and O–H groups in total. The van der Waals surface area contributed by atoms with E-state index in [9.17, 15) is 14.4 Å². The third-order valence-corrected chi connectivity index (χ3v) is 3.16. The summed E-state index contributed by atoms with van der Waals surface area (Å²) in [6.07, 6.45) is 3.35. The van der Waals surface area contributed by atoms with Crippen molar-refractivity contribution in [2.24, 2.45) is 5.92 Å². The molecule has 0 heterocycles. The number of rotatable bonds is 5. The number of carboxylic acid groups (broad SMARTS) is 1. The van der Waals surface area contributed by atoms with Crippen molar-refractivity contribution in [1.29, 1.82) is 0 Å². The molecule has 1 saturated carbocycles. The number of hydrogen-bond acceptors (Lipinski definition) is 3. The molecule has 0 bridgehead atoms. The van der Waals surface area contributed by atoms with E-state index in [1.807, 2.05) is 0 Å². The number of carbonyl (C=O) groups is 3. The Morgan fingerprint density at radius 3 is 2.50 bits per heavy atom. The maximum atomic E-state index is 11.6. The Kier molecular flexibility index (Phi) is 5.61. The average Bonchev–Trinajstić information content (AvgIpc) is 2.28. The molecule has 18 heavy (non-hydrogen) atoms. The van der Waals surface area contributed by atoms with Gasteiger partial charge in [-0.05, 0) is 12.8 Å². The third-order valence-electron chi connectivity index (χ3n) is 3.16. The van der Waals surface area contributed by atoms with Crippen LogP contribution in [0.25, 0.3) is 0 Å². The quantitative estimate of drug-likeness (QED) is 0.658. The van der Waals surface area contributed by atoms with Gasteiger partial charge < -0.3 is 15.7 Å². The molecule has 1 rings (SSSR count). The van der Waals surface area contributed by atoms with Crippen LogP contribution in [-0.4, -0.2) is 35.5 Å². The fourth-order valence-corrected chi connectivity index (χ4v) is 2.23. The molecular formula is C12H20N2O4. The summed E-state index contributed by atoms with van der Waals surface area (Å²) in [6.45, 7) is 1.67. The molecule has 0 radical (unpaired) electrons. The Morgan fingerprint density at radius 2 is 1.89 bits per heavy atom. The molecular weight excluding hydrogens is 236 g/mol. The van der Waals surface area contributed by atoms with Crippen LogP contribution in [-0.2, 0) is 14.4 Å². The zero-order valence-electron chi connectivity index (χ0n) is 10.6. The number of carboxylic acids is 1. The number of aliphatic carboxylic acids is 1. The highest BCUT2D eigenvalue weighted by atomic mass is 16.4. The van der Waals surface area contributed by atoms with Crippen molar-refractivity contribution in [2.45, 2.75) is 45.1 Å². The SMILES string of the molecule is CC(=O)NCCC(=O)NC1CCCCC1C(=O)O. The van der Waals surface area contributed by atoms with Gasteiger partial charge in [0.05, 0.1) is 5.92 Å². The van der Waals surface area contributed by atoms with Gasteiger partial charge in [-0.2, -0.15) is 0 Å². The van der Waals surface area contributed by atoms with E-state index in [-0.39, 0.29) is 30.8 Å². The molecule has 0 spiro atoms. The van der Waals surface area contributed by atoms with Gasteiger partial charge in [0.15, 0.2) is 0 Å². The number of amides is 2. The molecule has 0 aromatic heterocycles. The zero-order valence-corrected chi connectivity index (χ0v) is 10.6. The van der Waals surface area contributed by atoms with Crippen molar-refractivity contribution in [3.8, 4) is 0 Å². The van der Waals surface area contributed by atoms with Crippen molar-refractivity contribution in [2.75, 3.05) is 6.54 Å². The third kappa shape index (κ3) is 4.73. The number of nitrogens with one attached hydrogen (secondary N) is 2. The average molecular weight is 256 g/mol. The summed E-state index contributed by atoms with van der Waals surface area (Å²) in [5.74, 6) is -1.71. The van der Waals surface area contributed by atoms with Crippen LogP contribution < -0.4 is 10.6 Å². The summed E-state index contributed by atoms with van der Waals surface area (Å²) >= 11 is 0. The second-order valence-electron chi connectivity index (χ2n) is 4.64. The molecule has 1 aliphatic carbocycles. The lowest BCUT2D eigenvalue weighted by atomic mass is 9.84. The molecule has 0 aromatic rings. The summed E-state index contributed by atoms with van der Waals surface area (Å²) in [7, 11) is 0. The van der Waals surface area contributed by atoms with Crippen LogP contribution in [0.15, 0.2) is 0 Å². The van der Waals surface area contributed by atoms with Crippen molar-refractivity contribution < 1.29 is 19.5 Å². The lowest BCUT2D eigenvalue weighted by molar-refractivity contribution is -0.144. The van der Waals surface area contributed by atoms with E-state index in [0.717, 1.165) is 12.8 Å². The van der Waals surface area contributed by atoms with E-state index in [1.54, 1.807) is 0 Å². The predicted octanol–water partition coefficient (Wildman–Crippen LogP) is 0.272. The van der Waals surface area contributed by atoms with E-state index < -0.39 is 11.9 Å². The molecule has 2 atom stereocenters. The second kappa shape index (κ2) is 6.98. The summed E-state index contributed by atoms with van der Waals surface area (Å²) < 4.78 is 0. The van der Waals surface area contributed by atoms with E-state index in [1.165, 1.54) is 6.92 Å². The molecule has 2 unspecified atom stereocenters. The Balaban J connectivity index is 2.36. The van der Waals surface area contributed by atoms with E-state index in [4.69, 9.17) is 5.11 Å². The van der Waals surface area contributed by atoms with Crippen molar-refractivity contribution in [1.82, 2.24) is 10.6 Å². The molecule has 6 nitrogen and oxygen atoms in total. The van der Waals surface area contributed by atoms with Gasteiger partial charge in [-0.3, -0.25) is 14.4 Å². The Labute approximate surface area is 106 Å². The van der Waals surface area contributed by atoms with Gasteiger partial charge in [-0.15, -0.1) is 0 Å². The van der Waals surface area contributed by atoms with E-state index in [2.05, 4.69) is 10.6 Å². The van der Waals surface area contributed by atoms with Gasteiger partial charge in [0.25, 0.3) is 0 Å². The van der Waals surface area contributed by atoms with Gasteiger partial charge in [0.2, 0.25) is 11.8 Å². The minimum absolute atomic E-state index is 0.177. The fourth-order valence-electron chi connectivity index (χ4n) is 2.23. The summed E-state index contributed by atoms with van der Waals surface area (Å²) in [4.78, 5) is 33.3. The highest BCUT2D eigenvalue weighted by molar-refractivity contribution is 5.79. The molecule has 0 aliphatic heterocycles. The Hall–Kier alpha value is -1.59. The standard InChI is InChI=1S/C12H20N2O4/c1-8(15)13-7-6-11(16)14-10-5-3-2-4-9(10)12(17)18/h9-10H,2-7H2,1H3,(H,13,15)(H,14,16)(H,17,18). The summed E-state index contributed by atoms with van der Waals surface area (Å²) in [5.41, 5.74) is 0. The van der Waals surface area contributed by atoms with Crippen molar-refractivity contribution >= 4 is 17.8 Å². The summed E-state index contributed by atoms with van der Waals surface area (Å²) in [5, 5.41) is 14.3. The zero-order chi connectivity index (χ0) is 13.5. The Bertz CT molecular complexity index is 330. The lowest BCUT2D eigenvalue weighted by Gasteiger charge is -2.29. The molecule has 0 aromatic carbocycles. The van der Waals surface area contributed by atoms with E-state index >= 15 is 0 Å². The van der Waals surface area contributed by atoms with Gasteiger partial charge in [0.1, 0.15) is 0 Å². The van der Waals surface area contributed by atoms with Crippen LogP contribution in [0.3, 0.4) is 0 Å². The lowest BCUT2D eigenvalue weighted by Crippen LogP contribution is -2.45. The van der Waals surface area contributed by atoms with E-state index in [0.29, 0.717) is 12.8 Å². The van der Waals surface area contributed by atoms with Crippen LogP contribution in [0.1, 0.15) is 39.0 Å². The Morgan fingerprint density at radius 1 is 1.22 bits per heavy atom. The molecule has 102 valence electrons. The first kappa shape index (κ1) is 14.5. The van der Waals surface area contributed by atoms with Crippen LogP contribution in [0.5, 0.6) is 0 Å². The van der Waals surface area contributed by atoms with Gasteiger partial charge in [0, 0.05) is 25.9 Å².